The number of anilines is 1. The summed E-state index contributed by atoms with van der Waals surface area (Å²) >= 11 is 0. The molecule has 1 amide bonds. The lowest BCUT2D eigenvalue weighted by atomic mass is 9.96. The number of fused-ring (bicyclic) bond motifs is 2. The third-order valence-electron chi connectivity index (χ3n) is 5.65. The van der Waals surface area contributed by atoms with Crippen molar-refractivity contribution in [1.82, 2.24) is 15.1 Å². The van der Waals surface area contributed by atoms with Crippen LogP contribution in [0.25, 0.3) is 0 Å². The van der Waals surface area contributed by atoms with E-state index in [0.29, 0.717) is 17.1 Å². The molecule has 2 N–H and O–H groups in total. The van der Waals surface area contributed by atoms with Gasteiger partial charge in [0.1, 0.15) is 17.2 Å². The second-order valence-corrected chi connectivity index (χ2v) is 7.76. The average Bonchev–Trinajstić information content (AvgIpc) is 3.43. The molecular formula is C22H18F4N4O3. The Morgan fingerprint density at radius 1 is 1.15 bits per heavy atom. The molecule has 3 heterocycles. The lowest BCUT2D eigenvalue weighted by molar-refractivity contribution is -0.173. The minimum atomic E-state index is -4.58. The van der Waals surface area contributed by atoms with E-state index in [1.54, 1.807) is 18.2 Å². The Bertz CT molecular complexity index is 1190. The Hall–Kier alpha value is -3.76. The molecule has 0 saturated carbocycles. The van der Waals surface area contributed by atoms with Crippen molar-refractivity contribution in [2.45, 2.75) is 31.2 Å². The van der Waals surface area contributed by atoms with Gasteiger partial charge in [-0.1, -0.05) is 18.2 Å². The second kappa shape index (κ2) is 7.98. The molecular weight excluding hydrogens is 444 g/mol. The summed E-state index contributed by atoms with van der Waals surface area (Å²) in [4.78, 5) is 12.8. The first-order valence-corrected chi connectivity index (χ1v) is 10.1. The van der Waals surface area contributed by atoms with Crippen LogP contribution >= 0.6 is 0 Å². The summed E-state index contributed by atoms with van der Waals surface area (Å²) in [5.41, 5.74) is 1.19. The minimum Gasteiger partial charge on any atom is -0.454 e. The summed E-state index contributed by atoms with van der Waals surface area (Å²) in [5.74, 6) is 0.0465. The number of carbonyl (C=O) groups is 1. The fraction of sp³-hybridized carbons (Fsp3) is 0.273. The van der Waals surface area contributed by atoms with Crippen molar-refractivity contribution < 1.29 is 31.8 Å². The maximum atomic E-state index is 13.8. The number of amides is 1. The van der Waals surface area contributed by atoms with Gasteiger partial charge in [0.15, 0.2) is 17.5 Å². The first-order chi connectivity index (χ1) is 15.8. The van der Waals surface area contributed by atoms with Crippen molar-refractivity contribution in [2.75, 3.05) is 12.1 Å². The van der Waals surface area contributed by atoms with Gasteiger partial charge in [0.05, 0.1) is 12.2 Å². The predicted octanol–water partition coefficient (Wildman–Crippen LogP) is 4.34. The number of ether oxygens (including phenoxy) is 2. The molecule has 2 aromatic carbocycles. The first kappa shape index (κ1) is 21.1. The standard InChI is InChI=1S/C22H18F4N4O3/c23-14-4-2-13(3-5-14)16-8-19(22(24,25)26)30-20(29-16)15(10-28-30)21(31)27-9-12-1-6-17-18(7-12)33-11-32-17/h1-7,10,16,19,29H,8-9,11H2,(H,27,31)/t16-,19-/m1/s1. The van der Waals surface area contributed by atoms with E-state index in [2.05, 4.69) is 15.7 Å². The second-order valence-electron chi connectivity index (χ2n) is 7.76. The average molecular weight is 462 g/mol. The summed E-state index contributed by atoms with van der Waals surface area (Å²) in [7, 11) is 0. The van der Waals surface area contributed by atoms with Crippen LogP contribution in [0.4, 0.5) is 23.4 Å². The van der Waals surface area contributed by atoms with Gasteiger partial charge in [0.2, 0.25) is 6.79 Å². The molecule has 7 nitrogen and oxygen atoms in total. The zero-order valence-electron chi connectivity index (χ0n) is 17.0. The number of nitrogens with one attached hydrogen (secondary N) is 2. The maximum Gasteiger partial charge on any atom is 0.410 e. The van der Waals surface area contributed by atoms with Crippen molar-refractivity contribution in [3.8, 4) is 11.5 Å². The quantitative estimate of drug-likeness (QED) is 0.564. The maximum absolute atomic E-state index is 13.8. The van der Waals surface area contributed by atoms with E-state index in [9.17, 15) is 22.4 Å². The Morgan fingerprint density at radius 2 is 1.91 bits per heavy atom. The molecule has 172 valence electrons. The molecule has 11 heteroatoms. The smallest absolute Gasteiger partial charge is 0.410 e. The van der Waals surface area contributed by atoms with Crippen LogP contribution in [0.5, 0.6) is 11.5 Å². The topological polar surface area (TPSA) is 77.4 Å². The van der Waals surface area contributed by atoms with E-state index in [-0.39, 0.29) is 31.1 Å². The largest absolute Gasteiger partial charge is 0.454 e. The van der Waals surface area contributed by atoms with E-state index in [1.165, 1.54) is 24.3 Å². The van der Waals surface area contributed by atoms with Crippen LogP contribution in [0.1, 0.15) is 40.0 Å². The molecule has 0 bridgehead atoms. The molecule has 2 aliphatic heterocycles. The van der Waals surface area contributed by atoms with Gasteiger partial charge in [-0.2, -0.15) is 18.3 Å². The van der Waals surface area contributed by atoms with Crippen molar-refractivity contribution in [1.29, 1.82) is 0 Å². The molecule has 1 aromatic heterocycles. The van der Waals surface area contributed by atoms with Gasteiger partial charge >= 0.3 is 6.18 Å². The summed E-state index contributed by atoms with van der Waals surface area (Å²) in [6.07, 6.45) is -3.81. The van der Waals surface area contributed by atoms with E-state index < -0.39 is 30.0 Å². The monoisotopic (exact) mass is 462 g/mol. The van der Waals surface area contributed by atoms with Crippen molar-refractivity contribution in [3.63, 3.8) is 0 Å². The van der Waals surface area contributed by atoms with Gasteiger partial charge in [-0.05, 0) is 35.4 Å². The van der Waals surface area contributed by atoms with Crippen molar-refractivity contribution in [2.24, 2.45) is 0 Å². The molecule has 0 unspecified atom stereocenters. The molecule has 5 rings (SSSR count). The Morgan fingerprint density at radius 3 is 2.67 bits per heavy atom. The highest BCUT2D eigenvalue weighted by molar-refractivity contribution is 5.98. The van der Waals surface area contributed by atoms with Crippen LogP contribution in [0, 0.1) is 5.82 Å². The highest BCUT2D eigenvalue weighted by Crippen LogP contribution is 2.44. The third kappa shape index (κ3) is 4.06. The molecule has 2 aliphatic rings. The van der Waals surface area contributed by atoms with Crippen molar-refractivity contribution >= 4 is 11.7 Å². The van der Waals surface area contributed by atoms with E-state index in [0.717, 1.165) is 16.4 Å². The van der Waals surface area contributed by atoms with Crippen LogP contribution in [0.2, 0.25) is 0 Å². The normalized spacial score (nSPS) is 19.0. The number of carbonyl (C=O) groups excluding carboxylic acids is 1. The molecule has 0 aliphatic carbocycles. The molecule has 0 spiro atoms. The number of alkyl halides is 3. The van der Waals surface area contributed by atoms with Gasteiger partial charge in [-0.25, -0.2) is 9.07 Å². The van der Waals surface area contributed by atoms with E-state index in [1.807, 2.05) is 0 Å². The molecule has 33 heavy (non-hydrogen) atoms. The first-order valence-electron chi connectivity index (χ1n) is 10.1. The Balaban J connectivity index is 1.39. The lowest BCUT2D eigenvalue weighted by Crippen LogP contribution is -2.36. The Kier molecular flexibility index (Phi) is 5.10. The van der Waals surface area contributed by atoms with Crippen LogP contribution < -0.4 is 20.1 Å². The SMILES string of the molecule is O=C(NCc1ccc2c(c1)OCO2)c1cnn2c1N[C@@H](c1ccc(F)cc1)C[C@@H]2C(F)(F)F. The lowest BCUT2D eigenvalue weighted by Gasteiger charge is -2.34. The van der Waals surface area contributed by atoms with E-state index >= 15 is 0 Å². The Labute approximate surface area is 185 Å². The number of nitrogens with zero attached hydrogens (tertiary/aromatic N) is 2. The molecule has 3 aromatic rings. The highest BCUT2D eigenvalue weighted by Gasteiger charge is 2.47. The number of benzene rings is 2. The minimum absolute atomic E-state index is 0.0168. The van der Waals surface area contributed by atoms with Crippen LogP contribution in [-0.2, 0) is 6.54 Å². The van der Waals surface area contributed by atoms with Gasteiger partial charge in [-0.15, -0.1) is 0 Å². The van der Waals surface area contributed by atoms with Gasteiger partial charge in [0, 0.05) is 13.0 Å². The third-order valence-corrected chi connectivity index (χ3v) is 5.65. The highest BCUT2D eigenvalue weighted by atomic mass is 19.4. The van der Waals surface area contributed by atoms with Gasteiger partial charge in [-0.3, -0.25) is 4.79 Å². The molecule has 0 fully saturated rings. The number of hydrogen-bond acceptors (Lipinski definition) is 5. The van der Waals surface area contributed by atoms with Crippen molar-refractivity contribution in [3.05, 3.63) is 71.2 Å². The van der Waals surface area contributed by atoms with Crippen LogP contribution in [-0.4, -0.2) is 28.7 Å². The predicted molar refractivity (Wildman–Crippen MR) is 108 cm³/mol. The number of hydrogen-bond donors (Lipinski definition) is 2. The fourth-order valence-corrected chi connectivity index (χ4v) is 3.97. The van der Waals surface area contributed by atoms with Gasteiger partial charge in [0.25, 0.3) is 5.91 Å². The van der Waals surface area contributed by atoms with E-state index in [4.69, 9.17) is 9.47 Å². The molecule has 0 saturated heterocycles. The molecule has 0 radical (unpaired) electrons. The summed E-state index contributed by atoms with van der Waals surface area (Å²) in [5, 5.41) is 9.52. The summed E-state index contributed by atoms with van der Waals surface area (Å²) in [6.45, 7) is 0.249. The fourth-order valence-electron chi connectivity index (χ4n) is 3.97. The van der Waals surface area contributed by atoms with Gasteiger partial charge < -0.3 is 20.1 Å². The van der Waals surface area contributed by atoms with Crippen LogP contribution in [0.15, 0.2) is 48.7 Å². The number of rotatable bonds is 4. The number of halogens is 4. The summed E-state index contributed by atoms with van der Waals surface area (Å²) in [6, 6.07) is 7.70. The van der Waals surface area contributed by atoms with Crippen LogP contribution in [0.3, 0.4) is 0 Å². The number of aromatic nitrogens is 2. The molecule has 2 atom stereocenters. The zero-order valence-corrected chi connectivity index (χ0v) is 17.0. The zero-order chi connectivity index (χ0) is 23.2. The summed E-state index contributed by atoms with van der Waals surface area (Å²) < 4.78 is 66.0.